The van der Waals surface area contributed by atoms with Gasteiger partial charge in [0.15, 0.2) is 0 Å². The van der Waals surface area contributed by atoms with Gasteiger partial charge in [0, 0.05) is 38.5 Å². The summed E-state index contributed by atoms with van der Waals surface area (Å²) >= 11 is 0. The molecule has 1 aromatic carbocycles. The van der Waals surface area contributed by atoms with E-state index in [1.807, 2.05) is 0 Å². The molecule has 2 N–H and O–H groups in total. The van der Waals surface area contributed by atoms with E-state index in [0.29, 0.717) is 17.0 Å². The number of aliphatic carboxylic acids is 1. The maximum Gasteiger partial charge on any atom is 0.326 e. The third-order valence-corrected chi connectivity index (χ3v) is 3.69. The molecule has 8 nitrogen and oxygen atoms in total. The van der Waals surface area contributed by atoms with Crippen molar-refractivity contribution in [2.45, 2.75) is 32.2 Å². The van der Waals surface area contributed by atoms with Crippen LogP contribution in [0.4, 0.5) is 4.39 Å². The van der Waals surface area contributed by atoms with E-state index in [-0.39, 0.29) is 37.6 Å². The van der Waals surface area contributed by atoms with Crippen LogP contribution in [0.3, 0.4) is 0 Å². The molecule has 0 spiro atoms. The average Bonchev–Trinajstić information content (AvgIpc) is 3.08. The number of carbonyl (C=O) groups excluding carboxylic acids is 1. The number of methoxy groups -OCH3 is 1. The van der Waals surface area contributed by atoms with Crippen LogP contribution in [-0.2, 0) is 20.7 Å². The monoisotopic (exact) mass is 365 g/mol. The van der Waals surface area contributed by atoms with Crippen LogP contribution in [0.2, 0.25) is 0 Å². The number of nitrogens with zero attached hydrogens (tertiary/aromatic N) is 2. The van der Waals surface area contributed by atoms with Crippen molar-refractivity contribution in [2.24, 2.45) is 0 Å². The molecule has 0 aliphatic heterocycles. The minimum absolute atomic E-state index is 0.000834. The summed E-state index contributed by atoms with van der Waals surface area (Å²) in [4.78, 5) is 27.2. The summed E-state index contributed by atoms with van der Waals surface area (Å²) in [5, 5.41) is 15.3. The number of hydrogen-bond donors (Lipinski definition) is 2. The van der Waals surface area contributed by atoms with Crippen molar-refractivity contribution < 1.29 is 28.3 Å². The second kappa shape index (κ2) is 9.04. The zero-order valence-corrected chi connectivity index (χ0v) is 14.5. The predicted molar refractivity (Wildman–Crippen MR) is 88.8 cm³/mol. The van der Waals surface area contributed by atoms with E-state index in [1.54, 1.807) is 13.0 Å². The number of ether oxygens (including phenoxy) is 1. The van der Waals surface area contributed by atoms with Crippen molar-refractivity contribution in [1.82, 2.24) is 15.5 Å². The molecule has 0 aliphatic carbocycles. The molecule has 1 unspecified atom stereocenters. The first-order chi connectivity index (χ1) is 12.4. The van der Waals surface area contributed by atoms with Gasteiger partial charge in [0.2, 0.25) is 17.6 Å². The van der Waals surface area contributed by atoms with Crippen LogP contribution in [0.15, 0.2) is 22.7 Å². The number of rotatable bonds is 9. The van der Waals surface area contributed by atoms with Crippen LogP contribution >= 0.6 is 0 Å². The standard InChI is InChI=1S/C17H20FN3O5/c1-10-9-11(3-4-12(10)18)16-20-15(26-21-16)6-5-14(22)19-13(17(23)24)7-8-25-2/h3-4,9,13H,5-8H2,1-2H3,(H,19,22)(H,23,24). The quantitative estimate of drug-likeness (QED) is 0.695. The van der Waals surface area contributed by atoms with E-state index in [1.165, 1.54) is 19.2 Å². The highest BCUT2D eigenvalue weighted by Crippen LogP contribution is 2.19. The third-order valence-electron chi connectivity index (χ3n) is 3.69. The molecule has 0 aliphatic rings. The van der Waals surface area contributed by atoms with Crippen LogP contribution < -0.4 is 5.32 Å². The van der Waals surface area contributed by atoms with Gasteiger partial charge in [-0.2, -0.15) is 4.98 Å². The Labute approximate surface area is 149 Å². The lowest BCUT2D eigenvalue weighted by Crippen LogP contribution is -2.41. The Morgan fingerprint density at radius 1 is 1.42 bits per heavy atom. The molecule has 26 heavy (non-hydrogen) atoms. The lowest BCUT2D eigenvalue weighted by Gasteiger charge is -2.13. The molecular formula is C17H20FN3O5. The first-order valence-electron chi connectivity index (χ1n) is 8.01. The number of halogens is 1. The highest BCUT2D eigenvalue weighted by atomic mass is 19.1. The van der Waals surface area contributed by atoms with Crippen LogP contribution in [0.1, 0.15) is 24.3 Å². The lowest BCUT2D eigenvalue weighted by atomic mass is 10.1. The average molecular weight is 365 g/mol. The van der Waals surface area contributed by atoms with Gasteiger partial charge in [-0.25, -0.2) is 9.18 Å². The zero-order chi connectivity index (χ0) is 19.1. The van der Waals surface area contributed by atoms with Gasteiger partial charge in [-0.1, -0.05) is 5.16 Å². The molecule has 0 fully saturated rings. The fourth-order valence-electron chi connectivity index (χ4n) is 2.24. The summed E-state index contributed by atoms with van der Waals surface area (Å²) in [6.07, 6.45) is 0.336. The Hall–Kier alpha value is -2.81. The van der Waals surface area contributed by atoms with Crippen molar-refractivity contribution in [3.8, 4) is 11.4 Å². The highest BCUT2D eigenvalue weighted by molar-refractivity contribution is 5.83. The smallest absolute Gasteiger partial charge is 0.326 e. The molecule has 2 rings (SSSR count). The van der Waals surface area contributed by atoms with E-state index < -0.39 is 17.9 Å². The van der Waals surface area contributed by atoms with E-state index in [0.717, 1.165) is 0 Å². The van der Waals surface area contributed by atoms with Crippen molar-refractivity contribution >= 4 is 11.9 Å². The molecule has 0 saturated carbocycles. The van der Waals surface area contributed by atoms with Crippen molar-refractivity contribution in [1.29, 1.82) is 0 Å². The molecule has 140 valence electrons. The molecule has 0 bridgehead atoms. The second-order valence-electron chi connectivity index (χ2n) is 5.72. The molecular weight excluding hydrogens is 345 g/mol. The summed E-state index contributed by atoms with van der Waals surface area (Å²) in [6.45, 7) is 1.86. The molecule has 2 aromatic rings. The summed E-state index contributed by atoms with van der Waals surface area (Å²) in [5.74, 6) is -1.35. The Balaban J connectivity index is 1.91. The van der Waals surface area contributed by atoms with E-state index in [9.17, 15) is 14.0 Å². The van der Waals surface area contributed by atoms with Crippen LogP contribution in [-0.4, -0.2) is 46.9 Å². The number of benzene rings is 1. The molecule has 0 saturated heterocycles. The fourth-order valence-corrected chi connectivity index (χ4v) is 2.24. The van der Waals surface area contributed by atoms with Crippen LogP contribution in [0.5, 0.6) is 0 Å². The molecule has 9 heteroatoms. The topological polar surface area (TPSA) is 115 Å². The van der Waals surface area contributed by atoms with Gasteiger partial charge >= 0.3 is 5.97 Å². The SMILES string of the molecule is COCCC(NC(=O)CCc1nc(-c2ccc(F)c(C)c2)no1)C(=O)O. The Bertz CT molecular complexity index is 778. The number of nitrogens with one attached hydrogen (secondary N) is 1. The number of amides is 1. The van der Waals surface area contributed by atoms with E-state index in [2.05, 4.69) is 15.5 Å². The Morgan fingerprint density at radius 2 is 2.19 bits per heavy atom. The summed E-state index contributed by atoms with van der Waals surface area (Å²) < 4.78 is 23.2. The second-order valence-corrected chi connectivity index (χ2v) is 5.72. The normalized spacial score (nSPS) is 12.0. The predicted octanol–water partition coefficient (Wildman–Crippen LogP) is 1.72. The minimum Gasteiger partial charge on any atom is -0.480 e. The number of carboxylic acid groups (broad SMARTS) is 1. The van der Waals surface area contributed by atoms with Crippen LogP contribution in [0, 0.1) is 12.7 Å². The lowest BCUT2D eigenvalue weighted by molar-refractivity contribution is -0.142. The number of aromatic nitrogens is 2. The molecule has 1 aromatic heterocycles. The third kappa shape index (κ3) is 5.35. The van der Waals surface area contributed by atoms with Gasteiger partial charge in [-0.05, 0) is 30.7 Å². The summed E-state index contributed by atoms with van der Waals surface area (Å²) in [7, 11) is 1.45. The Morgan fingerprint density at radius 3 is 2.85 bits per heavy atom. The van der Waals surface area contributed by atoms with Gasteiger partial charge in [0.25, 0.3) is 0 Å². The van der Waals surface area contributed by atoms with Crippen molar-refractivity contribution in [3.63, 3.8) is 0 Å². The van der Waals surface area contributed by atoms with Crippen molar-refractivity contribution in [3.05, 3.63) is 35.5 Å². The zero-order valence-electron chi connectivity index (χ0n) is 14.5. The number of hydrogen-bond acceptors (Lipinski definition) is 6. The molecule has 1 amide bonds. The van der Waals surface area contributed by atoms with Crippen LogP contribution in [0.25, 0.3) is 11.4 Å². The van der Waals surface area contributed by atoms with Gasteiger partial charge < -0.3 is 19.7 Å². The van der Waals surface area contributed by atoms with Gasteiger partial charge in [-0.3, -0.25) is 4.79 Å². The van der Waals surface area contributed by atoms with Gasteiger partial charge in [0.05, 0.1) is 0 Å². The van der Waals surface area contributed by atoms with E-state index in [4.69, 9.17) is 14.4 Å². The molecule has 0 radical (unpaired) electrons. The highest BCUT2D eigenvalue weighted by Gasteiger charge is 2.20. The maximum absolute atomic E-state index is 13.3. The minimum atomic E-state index is -1.12. The fraction of sp³-hybridized carbons (Fsp3) is 0.412. The largest absolute Gasteiger partial charge is 0.480 e. The van der Waals surface area contributed by atoms with E-state index >= 15 is 0 Å². The number of aryl methyl sites for hydroxylation is 2. The van der Waals surface area contributed by atoms with Gasteiger partial charge in [0.1, 0.15) is 11.9 Å². The van der Waals surface area contributed by atoms with Gasteiger partial charge in [-0.15, -0.1) is 0 Å². The maximum atomic E-state index is 13.3. The number of carbonyl (C=O) groups is 2. The van der Waals surface area contributed by atoms with Crippen molar-refractivity contribution in [2.75, 3.05) is 13.7 Å². The Kier molecular flexibility index (Phi) is 6.79. The first-order valence-corrected chi connectivity index (χ1v) is 8.01. The first kappa shape index (κ1) is 19.5. The molecule has 1 atom stereocenters. The number of carboxylic acids is 1. The summed E-state index contributed by atoms with van der Waals surface area (Å²) in [5.41, 5.74) is 1.07. The summed E-state index contributed by atoms with van der Waals surface area (Å²) in [6, 6.07) is 3.45. The molecule has 1 heterocycles.